The Balaban J connectivity index is 2.31. The topological polar surface area (TPSA) is 75.6 Å². The Kier molecular flexibility index (Phi) is 5.41. The van der Waals surface area contributed by atoms with E-state index in [9.17, 15) is 9.59 Å². The highest BCUT2D eigenvalue weighted by Crippen LogP contribution is 2.23. The third-order valence-corrected chi connectivity index (χ3v) is 3.10. The van der Waals surface area contributed by atoms with Gasteiger partial charge in [-0.25, -0.2) is 0 Å². The van der Waals surface area contributed by atoms with Gasteiger partial charge >= 0.3 is 5.97 Å². The van der Waals surface area contributed by atoms with E-state index in [0.717, 1.165) is 12.8 Å². The van der Waals surface area contributed by atoms with Crippen molar-refractivity contribution in [3.05, 3.63) is 0 Å². The molecular formula is C12H21NO4. The van der Waals surface area contributed by atoms with Crippen LogP contribution in [0.2, 0.25) is 0 Å². The molecule has 1 heterocycles. The van der Waals surface area contributed by atoms with E-state index >= 15 is 0 Å². The Morgan fingerprint density at radius 2 is 2.24 bits per heavy atom. The molecule has 98 valence electrons. The minimum absolute atomic E-state index is 0.00779. The molecule has 17 heavy (non-hydrogen) atoms. The van der Waals surface area contributed by atoms with Crippen molar-refractivity contribution in [2.24, 2.45) is 11.8 Å². The summed E-state index contributed by atoms with van der Waals surface area (Å²) in [5, 5.41) is 11.4. The molecule has 1 saturated heterocycles. The van der Waals surface area contributed by atoms with Gasteiger partial charge in [-0.15, -0.1) is 0 Å². The van der Waals surface area contributed by atoms with Gasteiger partial charge in [0.25, 0.3) is 0 Å². The Bertz CT molecular complexity index is 280. The van der Waals surface area contributed by atoms with Gasteiger partial charge in [-0.3, -0.25) is 9.59 Å². The van der Waals surface area contributed by atoms with Gasteiger partial charge in [0.15, 0.2) is 0 Å². The van der Waals surface area contributed by atoms with Crippen LogP contribution in [0, 0.1) is 11.8 Å². The Labute approximate surface area is 102 Å². The molecule has 5 heteroatoms. The number of aliphatic carboxylic acids is 1. The maximum absolute atomic E-state index is 11.9. The van der Waals surface area contributed by atoms with Crippen LogP contribution in [-0.4, -0.2) is 36.2 Å². The summed E-state index contributed by atoms with van der Waals surface area (Å²) in [6.07, 6.45) is 1.70. The second-order valence-corrected chi connectivity index (χ2v) is 4.66. The van der Waals surface area contributed by atoms with Crippen molar-refractivity contribution in [1.82, 2.24) is 5.32 Å². The van der Waals surface area contributed by atoms with Crippen LogP contribution in [0.3, 0.4) is 0 Å². The smallest absolute Gasteiger partial charge is 0.303 e. The highest BCUT2D eigenvalue weighted by molar-refractivity contribution is 5.79. The molecule has 1 aliphatic rings. The second-order valence-electron chi connectivity index (χ2n) is 4.66. The predicted molar refractivity (Wildman–Crippen MR) is 62.6 cm³/mol. The number of hydrogen-bond donors (Lipinski definition) is 2. The third kappa shape index (κ3) is 4.34. The highest BCUT2D eigenvalue weighted by atomic mass is 16.5. The molecule has 1 aliphatic heterocycles. The van der Waals surface area contributed by atoms with Gasteiger partial charge < -0.3 is 15.2 Å². The monoisotopic (exact) mass is 243 g/mol. The molecule has 3 unspecified atom stereocenters. The normalized spacial score (nSPS) is 25.5. The number of ether oxygens (including phenoxy) is 1. The fraction of sp³-hybridized carbons (Fsp3) is 0.833. The zero-order chi connectivity index (χ0) is 12.8. The van der Waals surface area contributed by atoms with Crippen LogP contribution >= 0.6 is 0 Å². The van der Waals surface area contributed by atoms with E-state index < -0.39 is 5.97 Å². The van der Waals surface area contributed by atoms with E-state index in [1.54, 1.807) is 0 Å². The summed E-state index contributed by atoms with van der Waals surface area (Å²) < 4.78 is 5.45. The van der Waals surface area contributed by atoms with Crippen molar-refractivity contribution in [2.75, 3.05) is 13.2 Å². The molecule has 2 N–H and O–H groups in total. The Hall–Kier alpha value is -1.10. The maximum Gasteiger partial charge on any atom is 0.303 e. The Morgan fingerprint density at radius 3 is 2.82 bits per heavy atom. The lowest BCUT2D eigenvalue weighted by Crippen LogP contribution is -2.37. The molecular weight excluding hydrogens is 222 g/mol. The summed E-state index contributed by atoms with van der Waals surface area (Å²) in [7, 11) is 0. The fourth-order valence-corrected chi connectivity index (χ4v) is 2.13. The number of hydrogen-bond acceptors (Lipinski definition) is 3. The van der Waals surface area contributed by atoms with Crippen LogP contribution in [0.15, 0.2) is 0 Å². The van der Waals surface area contributed by atoms with Crippen LogP contribution in [-0.2, 0) is 14.3 Å². The first kappa shape index (κ1) is 14.0. The lowest BCUT2D eigenvalue weighted by Gasteiger charge is -2.17. The maximum atomic E-state index is 11.9. The molecule has 1 fully saturated rings. The van der Waals surface area contributed by atoms with Crippen LogP contribution in [0.4, 0.5) is 0 Å². The SMILES string of the molecule is CCC1OCCC1C(=O)NCC(C)CC(=O)O. The zero-order valence-electron chi connectivity index (χ0n) is 10.4. The van der Waals surface area contributed by atoms with Gasteiger partial charge in [-0.05, 0) is 18.8 Å². The molecule has 0 aromatic rings. The number of carbonyl (C=O) groups excluding carboxylic acids is 1. The van der Waals surface area contributed by atoms with Crippen LogP contribution in [0.1, 0.15) is 33.1 Å². The molecule has 0 radical (unpaired) electrons. The largest absolute Gasteiger partial charge is 0.481 e. The summed E-state index contributed by atoms with van der Waals surface area (Å²) in [4.78, 5) is 22.3. The van der Waals surface area contributed by atoms with Crippen molar-refractivity contribution in [1.29, 1.82) is 0 Å². The molecule has 0 aliphatic carbocycles. The first-order valence-electron chi connectivity index (χ1n) is 6.15. The number of rotatable bonds is 6. The average Bonchev–Trinajstić information content (AvgIpc) is 2.72. The third-order valence-electron chi connectivity index (χ3n) is 3.10. The average molecular weight is 243 g/mol. The summed E-state index contributed by atoms with van der Waals surface area (Å²) in [6, 6.07) is 0. The number of nitrogens with one attached hydrogen (secondary N) is 1. The highest BCUT2D eigenvalue weighted by Gasteiger charge is 2.32. The van der Waals surface area contributed by atoms with Gasteiger partial charge in [-0.2, -0.15) is 0 Å². The quantitative estimate of drug-likeness (QED) is 0.730. The van der Waals surface area contributed by atoms with Gasteiger partial charge in [0.2, 0.25) is 5.91 Å². The van der Waals surface area contributed by atoms with Gasteiger partial charge in [0.05, 0.1) is 12.0 Å². The van der Waals surface area contributed by atoms with E-state index in [1.807, 2.05) is 13.8 Å². The molecule has 0 aromatic carbocycles. The molecule has 0 spiro atoms. The van der Waals surface area contributed by atoms with E-state index in [2.05, 4.69) is 5.32 Å². The van der Waals surface area contributed by atoms with Crippen LogP contribution in [0.25, 0.3) is 0 Å². The molecule has 0 bridgehead atoms. The van der Waals surface area contributed by atoms with Crippen molar-refractivity contribution >= 4 is 11.9 Å². The van der Waals surface area contributed by atoms with Crippen molar-refractivity contribution < 1.29 is 19.4 Å². The minimum Gasteiger partial charge on any atom is -0.481 e. The van der Waals surface area contributed by atoms with E-state index in [0.29, 0.717) is 13.2 Å². The minimum atomic E-state index is -0.831. The molecule has 0 saturated carbocycles. The summed E-state index contributed by atoms with van der Waals surface area (Å²) in [5.74, 6) is -0.954. The molecule has 0 aromatic heterocycles. The first-order valence-corrected chi connectivity index (χ1v) is 6.15. The molecule has 1 amide bonds. The van der Waals surface area contributed by atoms with Crippen molar-refractivity contribution in [2.45, 2.75) is 39.2 Å². The van der Waals surface area contributed by atoms with Gasteiger partial charge in [0.1, 0.15) is 0 Å². The van der Waals surface area contributed by atoms with Crippen LogP contribution in [0.5, 0.6) is 0 Å². The fourth-order valence-electron chi connectivity index (χ4n) is 2.13. The molecule has 5 nitrogen and oxygen atoms in total. The molecule has 3 atom stereocenters. The van der Waals surface area contributed by atoms with E-state index in [4.69, 9.17) is 9.84 Å². The lowest BCUT2D eigenvalue weighted by atomic mass is 9.98. The number of carboxylic acids is 1. The van der Waals surface area contributed by atoms with Gasteiger partial charge in [-0.1, -0.05) is 13.8 Å². The van der Waals surface area contributed by atoms with Crippen molar-refractivity contribution in [3.63, 3.8) is 0 Å². The summed E-state index contributed by atoms with van der Waals surface area (Å²) in [6.45, 7) is 4.87. The molecule has 1 rings (SSSR count). The zero-order valence-corrected chi connectivity index (χ0v) is 10.4. The number of carboxylic acid groups (broad SMARTS) is 1. The summed E-state index contributed by atoms with van der Waals surface area (Å²) in [5.41, 5.74) is 0. The van der Waals surface area contributed by atoms with Crippen LogP contribution < -0.4 is 5.32 Å². The second kappa shape index (κ2) is 6.59. The van der Waals surface area contributed by atoms with Gasteiger partial charge in [0, 0.05) is 19.6 Å². The van der Waals surface area contributed by atoms with E-state index in [1.165, 1.54) is 0 Å². The summed E-state index contributed by atoms with van der Waals surface area (Å²) >= 11 is 0. The number of amides is 1. The predicted octanol–water partition coefficient (Wildman–Crippen LogP) is 1.03. The van der Waals surface area contributed by atoms with E-state index in [-0.39, 0.29) is 30.3 Å². The first-order chi connectivity index (χ1) is 8.04. The van der Waals surface area contributed by atoms with Crippen molar-refractivity contribution in [3.8, 4) is 0 Å². The number of carbonyl (C=O) groups is 2. The Morgan fingerprint density at radius 1 is 1.53 bits per heavy atom. The standard InChI is InChI=1S/C12H21NO4/c1-3-10-9(4-5-17-10)12(16)13-7-8(2)6-11(14)15/h8-10H,3-7H2,1-2H3,(H,13,16)(H,14,15). The lowest BCUT2D eigenvalue weighted by molar-refractivity contribution is -0.138.